The quantitative estimate of drug-likeness (QED) is 0.698. The average molecular weight is 324 g/mol. The van der Waals surface area contributed by atoms with Crippen LogP contribution in [-0.4, -0.2) is 48.0 Å². The highest BCUT2D eigenvalue weighted by Crippen LogP contribution is 2.40. The lowest BCUT2D eigenvalue weighted by Crippen LogP contribution is -2.42. The zero-order valence-corrected chi connectivity index (χ0v) is 13.5. The number of carbonyl (C=O) groups excluding carboxylic acids is 3. The highest BCUT2D eigenvalue weighted by Gasteiger charge is 2.39. The molecule has 0 N–H and O–H groups in total. The zero-order valence-electron chi connectivity index (χ0n) is 13.5. The monoisotopic (exact) mass is 324 g/mol. The van der Waals surface area contributed by atoms with Gasteiger partial charge in [-0.3, -0.25) is 9.59 Å². The third-order valence-electron chi connectivity index (χ3n) is 4.56. The highest BCUT2D eigenvalue weighted by molar-refractivity contribution is 6.53. The Morgan fingerprint density at radius 2 is 1.83 bits per heavy atom. The van der Waals surface area contributed by atoms with Crippen molar-refractivity contribution < 1.29 is 18.8 Å². The molecule has 1 aliphatic heterocycles. The van der Waals surface area contributed by atoms with Gasteiger partial charge in [0.25, 0.3) is 0 Å². The molecule has 2 amide bonds. The van der Waals surface area contributed by atoms with E-state index in [9.17, 15) is 14.4 Å². The maximum absolute atomic E-state index is 12.5. The van der Waals surface area contributed by atoms with Gasteiger partial charge < -0.3 is 14.2 Å². The van der Waals surface area contributed by atoms with Crippen LogP contribution in [0.4, 0.5) is 4.79 Å². The molecule has 0 bridgehead atoms. The molecule has 24 heavy (non-hydrogen) atoms. The number of ketones is 2. The number of hydrogen-bond donors (Lipinski definition) is 0. The Bertz CT molecular complexity index is 894. The smallest absolute Gasteiger partial charge is 0.319 e. The van der Waals surface area contributed by atoms with E-state index in [1.165, 1.54) is 4.90 Å². The zero-order chi connectivity index (χ0) is 17.0. The van der Waals surface area contributed by atoms with Gasteiger partial charge in [0.15, 0.2) is 0 Å². The van der Waals surface area contributed by atoms with E-state index in [2.05, 4.69) is 0 Å². The van der Waals surface area contributed by atoms with Crippen molar-refractivity contribution in [1.82, 2.24) is 9.80 Å². The van der Waals surface area contributed by atoms with Gasteiger partial charge in [-0.2, -0.15) is 0 Å². The van der Waals surface area contributed by atoms with Crippen molar-refractivity contribution in [3.63, 3.8) is 0 Å². The van der Waals surface area contributed by atoms with E-state index in [0.717, 1.165) is 5.56 Å². The molecule has 2 aliphatic rings. The number of nitrogens with zero attached hydrogens (tertiary/aromatic N) is 2. The molecule has 2 aromatic rings. The largest absolute Gasteiger partial charge is 0.458 e. The minimum Gasteiger partial charge on any atom is -0.458 e. The molecule has 0 radical (unpaired) electrons. The Balaban J connectivity index is 1.83. The molecule has 2 heterocycles. The van der Waals surface area contributed by atoms with Crippen LogP contribution in [0.25, 0.3) is 11.3 Å². The minimum absolute atomic E-state index is 0.0992. The van der Waals surface area contributed by atoms with Crippen LogP contribution in [0.15, 0.2) is 28.7 Å². The van der Waals surface area contributed by atoms with Crippen molar-refractivity contribution >= 4 is 17.6 Å². The second-order valence-corrected chi connectivity index (χ2v) is 6.26. The van der Waals surface area contributed by atoms with Crippen LogP contribution in [0.2, 0.25) is 0 Å². The highest BCUT2D eigenvalue weighted by atomic mass is 16.3. The molecule has 0 saturated carbocycles. The molecule has 0 fully saturated rings. The van der Waals surface area contributed by atoms with E-state index < -0.39 is 11.6 Å². The topological polar surface area (TPSA) is 70.8 Å². The Labute approximate surface area is 138 Å². The summed E-state index contributed by atoms with van der Waals surface area (Å²) in [5, 5.41) is 0. The van der Waals surface area contributed by atoms with Crippen LogP contribution in [0.5, 0.6) is 0 Å². The maximum atomic E-state index is 12.5. The SMILES string of the molecule is CN(C)C(=O)N1CCc2c(oc3c2C(=O)C(=O)c2ccccc2-3)C1. The van der Waals surface area contributed by atoms with Crippen molar-refractivity contribution in [1.29, 1.82) is 0 Å². The lowest BCUT2D eigenvalue weighted by atomic mass is 9.85. The van der Waals surface area contributed by atoms with Crippen molar-refractivity contribution in [2.24, 2.45) is 0 Å². The number of hydrogen-bond acceptors (Lipinski definition) is 4. The van der Waals surface area contributed by atoms with Gasteiger partial charge in [0.1, 0.15) is 11.5 Å². The molecule has 0 atom stereocenters. The van der Waals surface area contributed by atoms with E-state index in [4.69, 9.17) is 4.42 Å². The maximum Gasteiger partial charge on any atom is 0.319 e. The van der Waals surface area contributed by atoms with Gasteiger partial charge in [-0.15, -0.1) is 0 Å². The predicted molar refractivity (Wildman–Crippen MR) is 86.0 cm³/mol. The molecule has 6 heteroatoms. The summed E-state index contributed by atoms with van der Waals surface area (Å²) in [6, 6.07) is 6.88. The number of urea groups is 1. The van der Waals surface area contributed by atoms with Crippen LogP contribution in [0.1, 0.15) is 32.0 Å². The summed E-state index contributed by atoms with van der Waals surface area (Å²) in [6.45, 7) is 0.808. The van der Waals surface area contributed by atoms with Gasteiger partial charge in [-0.25, -0.2) is 4.79 Å². The predicted octanol–water partition coefficient (Wildman–Crippen LogP) is 2.37. The molecular weight excluding hydrogens is 308 g/mol. The summed E-state index contributed by atoms with van der Waals surface area (Å²) < 4.78 is 5.95. The number of amides is 2. The summed E-state index contributed by atoms with van der Waals surface area (Å²) >= 11 is 0. The van der Waals surface area contributed by atoms with Gasteiger partial charge in [0.05, 0.1) is 12.1 Å². The Morgan fingerprint density at radius 1 is 1.12 bits per heavy atom. The number of benzene rings is 1. The number of furan rings is 1. The van der Waals surface area contributed by atoms with Crippen LogP contribution >= 0.6 is 0 Å². The summed E-state index contributed by atoms with van der Waals surface area (Å²) in [5.74, 6) is 0.0493. The Kier molecular flexibility index (Phi) is 3.09. The van der Waals surface area contributed by atoms with E-state index in [0.29, 0.717) is 47.7 Å². The summed E-state index contributed by atoms with van der Waals surface area (Å²) in [5.41, 5.74) is 2.17. The molecule has 6 nitrogen and oxygen atoms in total. The lowest BCUT2D eigenvalue weighted by Gasteiger charge is -2.28. The first-order valence-corrected chi connectivity index (χ1v) is 7.78. The molecule has 0 spiro atoms. The second-order valence-electron chi connectivity index (χ2n) is 6.26. The molecule has 0 unspecified atom stereocenters. The first-order valence-electron chi connectivity index (χ1n) is 7.78. The Morgan fingerprint density at radius 3 is 2.54 bits per heavy atom. The first-order chi connectivity index (χ1) is 11.5. The van der Waals surface area contributed by atoms with Gasteiger partial charge in [-0.1, -0.05) is 24.3 Å². The van der Waals surface area contributed by atoms with E-state index >= 15 is 0 Å². The van der Waals surface area contributed by atoms with E-state index in [1.54, 1.807) is 37.2 Å². The van der Waals surface area contributed by atoms with E-state index in [-0.39, 0.29) is 6.03 Å². The van der Waals surface area contributed by atoms with Crippen molar-refractivity contribution in [2.45, 2.75) is 13.0 Å². The van der Waals surface area contributed by atoms with Crippen LogP contribution in [-0.2, 0) is 13.0 Å². The fraction of sp³-hybridized carbons (Fsp3) is 0.278. The average Bonchev–Trinajstić information content (AvgIpc) is 2.97. The second kappa shape index (κ2) is 5.06. The van der Waals surface area contributed by atoms with Gasteiger partial charge in [-0.05, 0) is 6.42 Å². The molecular formula is C18H16N2O4. The number of rotatable bonds is 0. The first kappa shape index (κ1) is 14.7. The third kappa shape index (κ3) is 1.92. The Hall–Kier alpha value is -2.89. The standard InChI is InChI=1S/C18H16N2O4/c1-19(2)18(23)20-8-7-12-13(9-20)24-17-11-6-4-3-5-10(11)15(21)16(22)14(12)17/h3-6H,7-9H2,1-2H3. The molecule has 122 valence electrons. The number of carbonyl (C=O) groups is 3. The molecule has 4 rings (SSSR count). The van der Waals surface area contributed by atoms with Gasteiger partial charge in [0, 0.05) is 37.3 Å². The molecule has 1 aromatic carbocycles. The summed E-state index contributed by atoms with van der Waals surface area (Å²) in [4.78, 5) is 40.2. The van der Waals surface area contributed by atoms with Gasteiger partial charge >= 0.3 is 6.03 Å². The van der Waals surface area contributed by atoms with Crippen LogP contribution < -0.4 is 0 Å². The van der Waals surface area contributed by atoms with Crippen LogP contribution in [0, 0.1) is 0 Å². The number of Topliss-reactive ketones (excluding diaryl/α,β-unsaturated/α-hetero) is 2. The number of fused-ring (bicyclic) bond motifs is 5. The lowest BCUT2D eigenvalue weighted by molar-refractivity contribution is 0.0814. The van der Waals surface area contributed by atoms with Crippen molar-refractivity contribution in [3.05, 3.63) is 46.7 Å². The third-order valence-corrected chi connectivity index (χ3v) is 4.56. The van der Waals surface area contributed by atoms with E-state index in [1.807, 2.05) is 6.07 Å². The molecule has 0 saturated heterocycles. The van der Waals surface area contributed by atoms with Crippen molar-refractivity contribution in [3.8, 4) is 11.3 Å². The fourth-order valence-electron chi connectivity index (χ4n) is 3.39. The fourth-order valence-corrected chi connectivity index (χ4v) is 3.39. The molecule has 1 aromatic heterocycles. The van der Waals surface area contributed by atoms with Crippen LogP contribution in [0.3, 0.4) is 0 Å². The summed E-state index contributed by atoms with van der Waals surface area (Å²) in [7, 11) is 3.40. The van der Waals surface area contributed by atoms with Gasteiger partial charge in [0.2, 0.25) is 11.6 Å². The normalized spacial score (nSPS) is 15.7. The van der Waals surface area contributed by atoms with Crippen molar-refractivity contribution in [2.75, 3.05) is 20.6 Å². The minimum atomic E-state index is -0.513. The summed E-state index contributed by atoms with van der Waals surface area (Å²) in [6.07, 6.45) is 0.509. The molecule has 1 aliphatic carbocycles.